The van der Waals surface area contributed by atoms with Gasteiger partial charge in [-0.15, -0.1) is 0 Å². The van der Waals surface area contributed by atoms with E-state index in [4.69, 9.17) is 5.73 Å². The molecule has 0 saturated heterocycles. The van der Waals surface area contributed by atoms with Crippen molar-refractivity contribution in [2.75, 3.05) is 11.5 Å². The molecule has 1 heterocycles. The van der Waals surface area contributed by atoms with Gasteiger partial charge in [0, 0.05) is 6.20 Å². The highest BCUT2D eigenvalue weighted by Crippen LogP contribution is 2.18. The third-order valence-electron chi connectivity index (χ3n) is 1.52. The lowest BCUT2D eigenvalue weighted by Crippen LogP contribution is -1.90. The Bertz CT molecular complexity index is 312. The Labute approximate surface area is 82.7 Å². The molecule has 0 aliphatic heterocycles. The Morgan fingerprint density at radius 1 is 1.62 bits per heavy atom. The lowest BCUT2D eigenvalue weighted by atomic mass is 10.2. The number of nitrogens with zero attached hydrogens (tertiary/aromatic N) is 1. The van der Waals surface area contributed by atoms with E-state index in [2.05, 4.69) is 17.6 Å². The molecule has 0 aliphatic rings. The third-order valence-corrected chi connectivity index (χ3v) is 1.78. The van der Waals surface area contributed by atoms with Crippen LogP contribution in [0.2, 0.25) is 0 Å². The molecule has 0 bridgehead atoms. The zero-order valence-electron chi connectivity index (χ0n) is 7.14. The van der Waals surface area contributed by atoms with Crippen LogP contribution in [0.1, 0.15) is 12.0 Å². The number of thiol groups is 1. The molecule has 0 saturated carbocycles. The highest BCUT2D eigenvalue weighted by molar-refractivity contribution is 7.80. The number of nitrogen functional groups attached to an aromatic ring is 1. The van der Waals surface area contributed by atoms with Crippen molar-refractivity contribution in [3.05, 3.63) is 23.9 Å². The Hall–Kier alpha value is -1.16. The van der Waals surface area contributed by atoms with Gasteiger partial charge in [-0.05, 0) is 23.8 Å². The van der Waals surface area contributed by atoms with Gasteiger partial charge in [-0.1, -0.05) is 12.2 Å². The van der Waals surface area contributed by atoms with Crippen LogP contribution < -0.4 is 5.73 Å². The molecule has 70 valence electrons. The van der Waals surface area contributed by atoms with Gasteiger partial charge in [-0.2, -0.15) is 12.6 Å². The molecule has 0 radical (unpaired) electrons. The second-order valence-corrected chi connectivity index (χ2v) is 3.03. The van der Waals surface area contributed by atoms with E-state index in [1.165, 1.54) is 0 Å². The summed E-state index contributed by atoms with van der Waals surface area (Å²) in [5, 5.41) is 9.22. The maximum Gasteiger partial charge on any atom is 0.165 e. The smallest absolute Gasteiger partial charge is 0.165 e. The van der Waals surface area contributed by atoms with E-state index in [1.807, 2.05) is 12.2 Å². The normalized spacial score (nSPS) is 10.8. The van der Waals surface area contributed by atoms with Crippen LogP contribution in [-0.4, -0.2) is 15.8 Å². The van der Waals surface area contributed by atoms with Crippen LogP contribution >= 0.6 is 12.6 Å². The summed E-state index contributed by atoms with van der Waals surface area (Å²) in [7, 11) is 0. The van der Waals surface area contributed by atoms with Crippen LogP contribution in [0.4, 0.5) is 5.82 Å². The first kappa shape index (κ1) is 9.92. The molecule has 0 amide bonds. The SMILES string of the molecule is Nc1ncc(C=CCCS)cc1O. The molecule has 0 spiro atoms. The number of aromatic hydroxyl groups is 1. The molecular formula is C9H12N2OS. The summed E-state index contributed by atoms with van der Waals surface area (Å²) in [5.41, 5.74) is 6.19. The van der Waals surface area contributed by atoms with Gasteiger partial charge in [-0.25, -0.2) is 4.98 Å². The van der Waals surface area contributed by atoms with E-state index in [9.17, 15) is 5.11 Å². The van der Waals surface area contributed by atoms with E-state index in [-0.39, 0.29) is 11.6 Å². The minimum atomic E-state index is 0.0213. The number of nitrogens with two attached hydrogens (primary N) is 1. The Morgan fingerprint density at radius 3 is 3.00 bits per heavy atom. The van der Waals surface area contributed by atoms with Gasteiger partial charge in [-0.3, -0.25) is 0 Å². The molecule has 3 N–H and O–H groups in total. The molecule has 4 heteroatoms. The Morgan fingerprint density at radius 2 is 2.38 bits per heavy atom. The Balaban J connectivity index is 2.73. The molecule has 0 aromatic carbocycles. The molecule has 0 atom stereocenters. The molecule has 0 unspecified atom stereocenters. The molecule has 1 aromatic heterocycles. The second-order valence-electron chi connectivity index (χ2n) is 2.59. The molecular weight excluding hydrogens is 184 g/mol. The molecule has 3 nitrogen and oxygen atoms in total. The largest absolute Gasteiger partial charge is 0.504 e. The fraction of sp³-hybridized carbons (Fsp3) is 0.222. The van der Waals surface area contributed by atoms with Crippen LogP contribution in [0.15, 0.2) is 18.3 Å². The molecule has 13 heavy (non-hydrogen) atoms. The van der Waals surface area contributed by atoms with Gasteiger partial charge >= 0.3 is 0 Å². The van der Waals surface area contributed by atoms with Crippen molar-refractivity contribution in [1.82, 2.24) is 4.98 Å². The predicted octanol–water partition coefficient (Wildman–Crippen LogP) is 1.70. The summed E-state index contributed by atoms with van der Waals surface area (Å²) in [6, 6.07) is 1.58. The van der Waals surface area contributed by atoms with Crippen molar-refractivity contribution < 1.29 is 5.11 Å². The van der Waals surface area contributed by atoms with Crippen molar-refractivity contribution in [1.29, 1.82) is 0 Å². The van der Waals surface area contributed by atoms with E-state index < -0.39 is 0 Å². The maximum absolute atomic E-state index is 9.22. The number of anilines is 1. The van der Waals surface area contributed by atoms with Crippen molar-refractivity contribution in [2.24, 2.45) is 0 Å². The van der Waals surface area contributed by atoms with Crippen molar-refractivity contribution in [3.8, 4) is 5.75 Å². The van der Waals surface area contributed by atoms with Crippen molar-refractivity contribution in [2.45, 2.75) is 6.42 Å². The average Bonchev–Trinajstić information content (AvgIpc) is 2.12. The maximum atomic E-state index is 9.22. The first-order valence-corrected chi connectivity index (χ1v) is 4.59. The zero-order valence-corrected chi connectivity index (χ0v) is 8.04. The van der Waals surface area contributed by atoms with Gasteiger partial charge in [0.05, 0.1) is 0 Å². The first-order valence-electron chi connectivity index (χ1n) is 3.96. The summed E-state index contributed by atoms with van der Waals surface area (Å²) in [5.74, 6) is 0.990. The van der Waals surface area contributed by atoms with Gasteiger partial charge in [0.1, 0.15) is 0 Å². The highest BCUT2D eigenvalue weighted by Gasteiger charge is 1.96. The average molecular weight is 196 g/mol. The van der Waals surface area contributed by atoms with Crippen molar-refractivity contribution >= 4 is 24.5 Å². The summed E-state index contributed by atoms with van der Waals surface area (Å²) >= 11 is 4.07. The topological polar surface area (TPSA) is 59.1 Å². The van der Waals surface area contributed by atoms with Crippen LogP contribution in [0.25, 0.3) is 6.08 Å². The summed E-state index contributed by atoms with van der Waals surface area (Å²) in [4.78, 5) is 3.81. The summed E-state index contributed by atoms with van der Waals surface area (Å²) < 4.78 is 0. The third kappa shape index (κ3) is 2.99. The zero-order chi connectivity index (χ0) is 9.68. The molecule has 1 aromatic rings. The van der Waals surface area contributed by atoms with E-state index in [1.54, 1.807) is 12.3 Å². The minimum Gasteiger partial charge on any atom is -0.504 e. The minimum absolute atomic E-state index is 0.0213. The lowest BCUT2D eigenvalue weighted by Gasteiger charge is -1.97. The van der Waals surface area contributed by atoms with Crippen LogP contribution in [0.3, 0.4) is 0 Å². The van der Waals surface area contributed by atoms with Crippen molar-refractivity contribution in [3.63, 3.8) is 0 Å². The molecule has 0 aliphatic carbocycles. The van der Waals surface area contributed by atoms with Crippen LogP contribution in [0.5, 0.6) is 5.75 Å². The second kappa shape index (κ2) is 4.77. The standard InChI is InChI=1S/C9H12N2OS/c10-9-8(12)5-7(6-11-9)3-1-2-4-13/h1,3,5-6,12-13H,2,4H2,(H2,10,11). The number of rotatable bonds is 3. The first-order chi connectivity index (χ1) is 6.24. The van der Waals surface area contributed by atoms with E-state index in [0.29, 0.717) is 0 Å². The number of hydrogen-bond acceptors (Lipinski definition) is 4. The molecule has 1 rings (SSSR count). The quantitative estimate of drug-likeness (QED) is 0.645. The van der Waals surface area contributed by atoms with Crippen LogP contribution in [-0.2, 0) is 0 Å². The Kier molecular flexibility index (Phi) is 3.64. The lowest BCUT2D eigenvalue weighted by molar-refractivity contribution is 0.475. The summed E-state index contributed by atoms with van der Waals surface area (Å²) in [6.45, 7) is 0. The highest BCUT2D eigenvalue weighted by atomic mass is 32.1. The summed E-state index contributed by atoms with van der Waals surface area (Å²) in [6.07, 6.45) is 6.36. The van der Waals surface area contributed by atoms with Gasteiger partial charge in [0.15, 0.2) is 11.6 Å². The molecule has 0 fully saturated rings. The van der Waals surface area contributed by atoms with E-state index >= 15 is 0 Å². The number of allylic oxidation sites excluding steroid dienone is 1. The monoisotopic (exact) mass is 196 g/mol. The fourth-order valence-electron chi connectivity index (χ4n) is 0.864. The number of hydrogen-bond donors (Lipinski definition) is 3. The van der Waals surface area contributed by atoms with Crippen LogP contribution in [0, 0.1) is 0 Å². The van der Waals surface area contributed by atoms with Gasteiger partial charge in [0.2, 0.25) is 0 Å². The van der Waals surface area contributed by atoms with E-state index in [0.717, 1.165) is 17.7 Å². The predicted molar refractivity (Wildman–Crippen MR) is 57.8 cm³/mol. The fourth-order valence-corrected chi connectivity index (χ4v) is 1.01. The van der Waals surface area contributed by atoms with Gasteiger partial charge in [0.25, 0.3) is 0 Å². The number of aromatic nitrogens is 1. The van der Waals surface area contributed by atoms with Gasteiger partial charge < -0.3 is 10.8 Å². The number of pyridine rings is 1.